The van der Waals surface area contributed by atoms with Crippen molar-refractivity contribution in [2.45, 2.75) is 176 Å². The summed E-state index contributed by atoms with van der Waals surface area (Å²) in [5.74, 6) is -6.08. The van der Waals surface area contributed by atoms with Crippen LogP contribution in [0.15, 0.2) is 0 Å². The van der Waals surface area contributed by atoms with Crippen molar-refractivity contribution in [1.29, 1.82) is 0 Å². The van der Waals surface area contributed by atoms with Crippen LogP contribution in [0.4, 0.5) is 0 Å². The number of hydrogen-bond donors (Lipinski definition) is 2. The first kappa shape index (κ1) is 50.8. The molecule has 2 fully saturated rings. The number of rotatable bonds is 16. The molecule has 0 aromatic rings. The summed E-state index contributed by atoms with van der Waals surface area (Å²) in [5, 5.41) is 22.4. The van der Waals surface area contributed by atoms with Crippen LogP contribution < -0.4 is 0 Å². The van der Waals surface area contributed by atoms with Gasteiger partial charge in [-0.25, -0.2) is 0 Å². The summed E-state index contributed by atoms with van der Waals surface area (Å²) >= 11 is 0. The number of hydrogen-bond acceptors (Lipinski definition) is 15. The van der Waals surface area contributed by atoms with Gasteiger partial charge in [-0.1, -0.05) is 48.5 Å². The summed E-state index contributed by atoms with van der Waals surface area (Å²) in [6.45, 7) is 20.2. The largest absolute Gasteiger partial charge is 0.461 e. The van der Waals surface area contributed by atoms with E-state index in [-0.39, 0.29) is 49.4 Å². The Morgan fingerprint density at radius 1 is 0.930 bits per heavy atom. The van der Waals surface area contributed by atoms with Gasteiger partial charge in [0, 0.05) is 32.5 Å². The van der Waals surface area contributed by atoms with E-state index in [9.17, 15) is 34.2 Å². The SMILES string of the molecule is CO[C@@H]1[C@H](O)[C@@H](C)O[C@@H](OC[C@H](C)[C@H]2OC(=O)[C@H](C)[C@@H](O[C@@H](CC(C)=O)O[C@@H](C)C=O)[C@H](C)C[C@@H](C)C[C@](C)(O)C(=O)[C@H](C)[C@H](OC(=O)CC(C)C)[C@H]2C)[C@@H]1OC. The number of aliphatic hydroxyl groups is 2. The van der Waals surface area contributed by atoms with Gasteiger partial charge in [-0.05, 0) is 65.2 Å². The van der Waals surface area contributed by atoms with Crippen LogP contribution in [0.25, 0.3) is 0 Å². The van der Waals surface area contributed by atoms with Crippen molar-refractivity contribution in [1.82, 2.24) is 0 Å². The molecule has 2 N–H and O–H groups in total. The zero-order valence-electron chi connectivity index (χ0n) is 36.6. The maximum atomic E-state index is 14.4. The molecule has 330 valence electrons. The Labute approximate surface area is 339 Å². The maximum Gasteiger partial charge on any atom is 0.311 e. The van der Waals surface area contributed by atoms with Gasteiger partial charge >= 0.3 is 11.9 Å². The Morgan fingerprint density at radius 3 is 2.09 bits per heavy atom. The fourth-order valence-corrected chi connectivity index (χ4v) is 8.31. The van der Waals surface area contributed by atoms with Crippen molar-refractivity contribution in [3.63, 3.8) is 0 Å². The number of carbonyl (C=O) groups is 5. The molecule has 0 saturated carbocycles. The van der Waals surface area contributed by atoms with Gasteiger partial charge in [0.15, 0.2) is 18.4 Å². The number of ketones is 2. The average molecular weight is 817 g/mol. The Kier molecular flexibility index (Phi) is 20.4. The molecule has 57 heavy (non-hydrogen) atoms. The number of Topliss-reactive ketones (excluding diaryl/α,β-unsaturated/α-hetero) is 2. The molecule has 0 radical (unpaired) electrons. The van der Waals surface area contributed by atoms with Crippen molar-refractivity contribution >= 4 is 29.8 Å². The van der Waals surface area contributed by atoms with Gasteiger partial charge < -0.3 is 52.9 Å². The van der Waals surface area contributed by atoms with Crippen LogP contribution >= 0.6 is 0 Å². The minimum absolute atomic E-state index is 0.0478. The molecule has 0 aromatic heterocycles. The smallest absolute Gasteiger partial charge is 0.311 e. The molecule has 2 aliphatic heterocycles. The highest BCUT2D eigenvalue weighted by Crippen LogP contribution is 2.37. The third-order valence-electron chi connectivity index (χ3n) is 11.2. The minimum Gasteiger partial charge on any atom is -0.461 e. The summed E-state index contributed by atoms with van der Waals surface area (Å²) in [6, 6.07) is 0. The molecule has 0 spiro atoms. The van der Waals surface area contributed by atoms with Crippen LogP contribution in [-0.4, -0.2) is 128 Å². The van der Waals surface area contributed by atoms with Crippen LogP contribution in [-0.2, 0) is 61.9 Å². The van der Waals surface area contributed by atoms with Crippen LogP contribution in [0, 0.1) is 41.4 Å². The van der Waals surface area contributed by atoms with E-state index >= 15 is 0 Å². The molecule has 2 saturated heterocycles. The average Bonchev–Trinajstić information content (AvgIpc) is 3.12. The molecular weight excluding hydrogens is 744 g/mol. The summed E-state index contributed by atoms with van der Waals surface area (Å²) in [6.07, 6.45) is -8.38. The lowest BCUT2D eigenvalue weighted by Gasteiger charge is -2.43. The van der Waals surface area contributed by atoms with Crippen molar-refractivity contribution < 1.29 is 72.1 Å². The molecule has 15 heteroatoms. The molecule has 0 unspecified atom stereocenters. The molecule has 2 heterocycles. The van der Waals surface area contributed by atoms with Crippen LogP contribution in [0.3, 0.4) is 0 Å². The van der Waals surface area contributed by atoms with E-state index in [1.807, 2.05) is 27.7 Å². The Morgan fingerprint density at radius 2 is 1.54 bits per heavy atom. The first-order valence-corrected chi connectivity index (χ1v) is 20.4. The first-order valence-electron chi connectivity index (χ1n) is 20.4. The Balaban J connectivity index is 2.70. The van der Waals surface area contributed by atoms with Crippen molar-refractivity contribution in [2.24, 2.45) is 41.4 Å². The highest BCUT2D eigenvalue weighted by atomic mass is 16.7. The summed E-state index contributed by atoms with van der Waals surface area (Å²) in [7, 11) is 2.89. The quantitative estimate of drug-likeness (QED) is 0.127. The molecule has 0 amide bonds. The zero-order valence-corrected chi connectivity index (χ0v) is 36.6. The van der Waals surface area contributed by atoms with Gasteiger partial charge in [0.2, 0.25) is 0 Å². The van der Waals surface area contributed by atoms with Gasteiger partial charge in [-0.3, -0.25) is 19.2 Å². The lowest BCUT2D eigenvalue weighted by atomic mass is 9.75. The van der Waals surface area contributed by atoms with Gasteiger partial charge in [-0.15, -0.1) is 0 Å². The van der Waals surface area contributed by atoms with Gasteiger partial charge in [-0.2, -0.15) is 0 Å². The number of aliphatic hydroxyl groups excluding tert-OH is 1. The molecule has 0 bridgehead atoms. The standard InChI is InChI=1S/C42H72O15/c1-21(2)15-31(45)55-36-27(8)35(24(5)20-52-41-38(51-14)37(50-13)33(46)30(11)54-41)57-40(48)29(10)34(56-32(17-25(6)44)53-26(7)19-43)23(4)16-22(3)18-42(12,49)39(47)28(36)9/h19,21-24,26-30,32-38,41,46,49H,15-18,20H2,1-14H3/t22-,23-,24+,26+,27+,28-,29-,30-,32+,33-,34+,35-,36-,37-,38-,41-,42+/m1/s1. The predicted octanol–water partition coefficient (Wildman–Crippen LogP) is 4.23. The Hall–Kier alpha value is -2.37. The van der Waals surface area contributed by atoms with E-state index in [1.54, 1.807) is 34.6 Å². The van der Waals surface area contributed by atoms with E-state index in [1.165, 1.54) is 35.0 Å². The number of methoxy groups -OCH3 is 2. The molecule has 2 rings (SSSR count). The minimum atomic E-state index is -1.82. The van der Waals surface area contributed by atoms with Crippen molar-refractivity contribution in [3.05, 3.63) is 0 Å². The number of ether oxygens (including phenoxy) is 8. The second-order valence-corrected chi connectivity index (χ2v) is 17.4. The lowest BCUT2D eigenvalue weighted by molar-refractivity contribution is -0.305. The van der Waals surface area contributed by atoms with Crippen LogP contribution in [0.1, 0.15) is 109 Å². The molecule has 0 aliphatic carbocycles. The maximum absolute atomic E-state index is 14.4. The topological polar surface area (TPSA) is 200 Å². The van der Waals surface area contributed by atoms with Crippen LogP contribution in [0.2, 0.25) is 0 Å². The molecule has 17 atom stereocenters. The van der Waals surface area contributed by atoms with E-state index in [2.05, 4.69) is 0 Å². The van der Waals surface area contributed by atoms with E-state index in [4.69, 9.17) is 37.9 Å². The summed E-state index contributed by atoms with van der Waals surface area (Å²) < 4.78 is 48.0. The summed E-state index contributed by atoms with van der Waals surface area (Å²) in [4.78, 5) is 65.8. The number of esters is 2. The monoisotopic (exact) mass is 816 g/mol. The van der Waals surface area contributed by atoms with Crippen molar-refractivity contribution in [3.8, 4) is 0 Å². The Bertz CT molecular complexity index is 1300. The highest BCUT2D eigenvalue weighted by Gasteiger charge is 2.48. The fraction of sp³-hybridized carbons (Fsp3) is 0.881. The van der Waals surface area contributed by atoms with Crippen LogP contribution in [0.5, 0.6) is 0 Å². The molecule has 15 nitrogen and oxygen atoms in total. The predicted molar refractivity (Wildman–Crippen MR) is 208 cm³/mol. The third kappa shape index (κ3) is 14.4. The van der Waals surface area contributed by atoms with E-state index in [0.717, 1.165) is 0 Å². The molecule has 2 aliphatic rings. The number of carbonyl (C=O) groups excluding carboxylic acids is 5. The lowest BCUT2D eigenvalue weighted by Crippen LogP contribution is -2.59. The normalized spacial score (nSPS) is 37.7. The summed E-state index contributed by atoms with van der Waals surface area (Å²) in [5.41, 5.74) is -1.82. The number of cyclic esters (lactones) is 1. The third-order valence-corrected chi connectivity index (χ3v) is 11.2. The van der Waals surface area contributed by atoms with Gasteiger partial charge in [0.1, 0.15) is 54.3 Å². The van der Waals surface area contributed by atoms with Gasteiger partial charge in [0.05, 0.1) is 37.1 Å². The number of aldehydes is 1. The van der Waals surface area contributed by atoms with E-state index < -0.39 is 108 Å². The van der Waals surface area contributed by atoms with Crippen molar-refractivity contribution in [2.75, 3.05) is 20.8 Å². The second kappa shape index (κ2) is 22.8. The second-order valence-electron chi connectivity index (χ2n) is 17.4. The zero-order chi connectivity index (χ0) is 43.5. The van der Waals surface area contributed by atoms with E-state index in [0.29, 0.717) is 12.7 Å². The van der Waals surface area contributed by atoms with Gasteiger partial charge in [0.25, 0.3) is 0 Å². The molecule has 0 aromatic carbocycles. The highest BCUT2D eigenvalue weighted by molar-refractivity contribution is 5.89. The first-order chi connectivity index (χ1) is 26.5. The fourth-order valence-electron chi connectivity index (χ4n) is 8.31. The molecular formula is C42H72O15.